The van der Waals surface area contributed by atoms with Gasteiger partial charge in [0.2, 0.25) is 5.91 Å². The summed E-state index contributed by atoms with van der Waals surface area (Å²) in [6, 6.07) is 3.31. The Hall–Kier alpha value is -2.48. The van der Waals surface area contributed by atoms with Crippen molar-refractivity contribution in [1.82, 2.24) is 5.32 Å². The average Bonchev–Trinajstić information content (AvgIpc) is 2.54. The second-order valence-electron chi connectivity index (χ2n) is 5.36. The molecule has 1 heterocycles. The van der Waals surface area contributed by atoms with Gasteiger partial charge in [-0.3, -0.25) is 14.4 Å². The standard InChI is InChI=1S/C17H19NO6S/c1-9-7-12(8-13(22-4)14(9)23-10(2)19)15(24-11(3)20)16-17(21)18-5-6-25-16/h5-8,15-16H,1-4H3,(H,18,21). The topological polar surface area (TPSA) is 90.9 Å². The molecule has 2 unspecified atom stereocenters. The highest BCUT2D eigenvalue weighted by Crippen LogP contribution is 2.39. The van der Waals surface area contributed by atoms with Crippen molar-refractivity contribution in [3.05, 3.63) is 34.9 Å². The van der Waals surface area contributed by atoms with Crippen LogP contribution in [0.1, 0.15) is 31.1 Å². The van der Waals surface area contributed by atoms with Crippen molar-refractivity contribution in [2.75, 3.05) is 7.11 Å². The molecule has 1 aliphatic rings. The Balaban J connectivity index is 2.48. The van der Waals surface area contributed by atoms with Crippen LogP contribution in [-0.4, -0.2) is 30.2 Å². The van der Waals surface area contributed by atoms with Crippen molar-refractivity contribution in [1.29, 1.82) is 0 Å². The Kier molecular flexibility index (Phi) is 6.08. The number of esters is 2. The minimum Gasteiger partial charge on any atom is -0.493 e. The fourth-order valence-electron chi connectivity index (χ4n) is 2.44. The number of benzene rings is 1. The predicted octanol–water partition coefficient (Wildman–Crippen LogP) is 2.24. The predicted molar refractivity (Wildman–Crippen MR) is 92.2 cm³/mol. The van der Waals surface area contributed by atoms with Gasteiger partial charge in [-0.15, -0.1) is 11.8 Å². The SMILES string of the molecule is COc1cc(C(OC(C)=O)C2SC=CNC2=O)cc(C)c1OC(C)=O. The molecular weight excluding hydrogens is 346 g/mol. The number of rotatable bonds is 5. The summed E-state index contributed by atoms with van der Waals surface area (Å²) >= 11 is 1.25. The number of methoxy groups -OCH3 is 1. The molecule has 0 radical (unpaired) electrons. The second kappa shape index (κ2) is 8.06. The molecule has 0 saturated heterocycles. The zero-order valence-electron chi connectivity index (χ0n) is 14.3. The molecule has 1 aromatic rings. The Morgan fingerprint density at radius 2 is 1.96 bits per heavy atom. The normalized spacial score (nSPS) is 17.4. The van der Waals surface area contributed by atoms with E-state index in [0.717, 1.165) is 0 Å². The van der Waals surface area contributed by atoms with Crippen LogP contribution in [0.5, 0.6) is 11.5 Å². The third kappa shape index (κ3) is 4.54. The molecule has 0 spiro atoms. The van der Waals surface area contributed by atoms with Gasteiger partial charge in [-0.2, -0.15) is 0 Å². The van der Waals surface area contributed by atoms with Gasteiger partial charge in [0.1, 0.15) is 11.4 Å². The minimum atomic E-state index is -0.813. The fourth-order valence-corrected chi connectivity index (χ4v) is 3.30. The molecule has 0 bridgehead atoms. The monoisotopic (exact) mass is 365 g/mol. The van der Waals surface area contributed by atoms with Gasteiger partial charge in [-0.1, -0.05) is 0 Å². The molecule has 134 valence electrons. The highest BCUT2D eigenvalue weighted by Gasteiger charge is 2.34. The van der Waals surface area contributed by atoms with E-state index >= 15 is 0 Å². The van der Waals surface area contributed by atoms with Gasteiger partial charge in [-0.25, -0.2) is 0 Å². The van der Waals surface area contributed by atoms with E-state index in [2.05, 4.69) is 5.32 Å². The van der Waals surface area contributed by atoms with Crippen LogP contribution in [0.2, 0.25) is 0 Å². The van der Waals surface area contributed by atoms with E-state index in [9.17, 15) is 14.4 Å². The molecule has 0 aliphatic carbocycles. The number of carbonyl (C=O) groups is 3. The maximum absolute atomic E-state index is 12.2. The molecule has 1 aliphatic heterocycles. The van der Waals surface area contributed by atoms with Crippen molar-refractivity contribution in [3.63, 3.8) is 0 Å². The number of hydrogen-bond donors (Lipinski definition) is 1. The van der Waals surface area contributed by atoms with Crippen LogP contribution in [0, 0.1) is 6.92 Å². The van der Waals surface area contributed by atoms with Crippen LogP contribution in [0.4, 0.5) is 0 Å². The molecule has 7 nitrogen and oxygen atoms in total. The lowest BCUT2D eigenvalue weighted by Crippen LogP contribution is -2.37. The third-order valence-electron chi connectivity index (χ3n) is 3.40. The van der Waals surface area contributed by atoms with Gasteiger partial charge in [0, 0.05) is 20.0 Å². The number of thioether (sulfide) groups is 1. The van der Waals surface area contributed by atoms with Crippen LogP contribution < -0.4 is 14.8 Å². The largest absolute Gasteiger partial charge is 0.493 e. The third-order valence-corrected chi connectivity index (χ3v) is 4.45. The lowest BCUT2D eigenvalue weighted by atomic mass is 10.0. The number of aryl methyl sites for hydroxylation is 1. The Morgan fingerprint density at radius 1 is 1.24 bits per heavy atom. The summed E-state index contributed by atoms with van der Waals surface area (Å²) in [7, 11) is 1.44. The highest BCUT2D eigenvalue weighted by molar-refractivity contribution is 8.03. The molecule has 0 saturated carbocycles. The second-order valence-corrected chi connectivity index (χ2v) is 6.41. The molecule has 8 heteroatoms. The number of ether oxygens (including phenoxy) is 3. The Morgan fingerprint density at radius 3 is 2.52 bits per heavy atom. The van der Waals surface area contributed by atoms with Gasteiger partial charge >= 0.3 is 11.9 Å². The fraction of sp³-hybridized carbons (Fsp3) is 0.353. The zero-order valence-corrected chi connectivity index (χ0v) is 15.1. The van der Waals surface area contributed by atoms with E-state index < -0.39 is 23.3 Å². The van der Waals surface area contributed by atoms with E-state index in [1.54, 1.807) is 24.5 Å². The average molecular weight is 365 g/mol. The van der Waals surface area contributed by atoms with E-state index in [1.165, 1.54) is 38.9 Å². The molecule has 2 atom stereocenters. The maximum atomic E-state index is 12.2. The smallest absolute Gasteiger partial charge is 0.308 e. The molecule has 1 amide bonds. The van der Waals surface area contributed by atoms with Crippen molar-refractivity contribution >= 4 is 29.6 Å². The first-order chi connectivity index (χ1) is 11.8. The van der Waals surface area contributed by atoms with E-state index in [0.29, 0.717) is 22.6 Å². The summed E-state index contributed by atoms with van der Waals surface area (Å²) in [5, 5.41) is 3.69. The number of amides is 1. The lowest BCUT2D eigenvalue weighted by Gasteiger charge is -2.27. The number of carbonyl (C=O) groups excluding carboxylic acids is 3. The van der Waals surface area contributed by atoms with Gasteiger partial charge in [0.05, 0.1) is 7.11 Å². The van der Waals surface area contributed by atoms with E-state index in [-0.39, 0.29) is 5.91 Å². The minimum absolute atomic E-state index is 0.264. The number of nitrogens with one attached hydrogen (secondary N) is 1. The molecule has 1 aromatic carbocycles. The van der Waals surface area contributed by atoms with Gasteiger partial charge in [0.15, 0.2) is 11.5 Å². The quantitative estimate of drug-likeness (QED) is 0.632. The zero-order chi connectivity index (χ0) is 18.6. The van der Waals surface area contributed by atoms with Gasteiger partial charge < -0.3 is 19.5 Å². The van der Waals surface area contributed by atoms with Crippen molar-refractivity contribution in [2.45, 2.75) is 32.1 Å². The van der Waals surface area contributed by atoms with Gasteiger partial charge in [0.25, 0.3) is 0 Å². The van der Waals surface area contributed by atoms with Crippen molar-refractivity contribution < 1.29 is 28.6 Å². The molecule has 0 aromatic heterocycles. The Bertz CT molecular complexity index is 730. The molecular formula is C17H19NO6S. The van der Waals surface area contributed by atoms with Crippen LogP contribution in [-0.2, 0) is 19.1 Å². The summed E-state index contributed by atoms with van der Waals surface area (Å²) in [5.74, 6) is -0.633. The molecule has 2 rings (SSSR count). The Labute approximate surface area is 149 Å². The molecule has 0 fully saturated rings. The van der Waals surface area contributed by atoms with E-state index in [1.807, 2.05) is 0 Å². The van der Waals surface area contributed by atoms with Crippen molar-refractivity contribution in [3.8, 4) is 11.5 Å². The lowest BCUT2D eigenvalue weighted by molar-refractivity contribution is -0.147. The number of hydrogen-bond acceptors (Lipinski definition) is 7. The summed E-state index contributed by atoms with van der Waals surface area (Å²) in [6.45, 7) is 4.32. The van der Waals surface area contributed by atoms with Gasteiger partial charge in [-0.05, 0) is 35.6 Å². The van der Waals surface area contributed by atoms with Crippen LogP contribution in [0.15, 0.2) is 23.7 Å². The van der Waals surface area contributed by atoms with E-state index in [4.69, 9.17) is 14.2 Å². The summed E-state index contributed by atoms with van der Waals surface area (Å²) in [5.41, 5.74) is 1.20. The summed E-state index contributed by atoms with van der Waals surface area (Å²) < 4.78 is 15.9. The molecule has 1 N–H and O–H groups in total. The first-order valence-corrected chi connectivity index (χ1v) is 8.42. The highest BCUT2D eigenvalue weighted by atomic mass is 32.2. The van der Waals surface area contributed by atoms with Crippen molar-refractivity contribution in [2.24, 2.45) is 0 Å². The maximum Gasteiger partial charge on any atom is 0.308 e. The van der Waals surface area contributed by atoms with Crippen LogP contribution >= 0.6 is 11.8 Å². The summed E-state index contributed by atoms with van der Waals surface area (Å²) in [6.07, 6.45) is 0.718. The molecule has 25 heavy (non-hydrogen) atoms. The summed E-state index contributed by atoms with van der Waals surface area (Å²) in [4.78, 5) is 35.0. The first kappa shape index (κ1) is 18.9. The van der Waals surface area contributed by atoms with Crippen LogP contribution in [0.25, 0.3) is 0 Å². The van der Waals surface area contributed by atoms with Crippen LogP contribution in [0.3, 0.4) is 0 Å². The first-order valence-electron chi connectivity index (χ1n) is 7.48.